The van der Waals surface area contributed by atoms with E-state index in [4.69, 9.17) is 4.74 Å². The fourth-order valence-corrected chi connectivity index (χ4v) is 4.81. The van der Waals surface area contributed by atoms with Crippen molar-refractivity contribution in [2.75, 3.05) is 13.1 Å². The Labute approximate surface area is 205 Å². The van der Waals surface area contributed by atoms with Crippen molar-refractivity contribution in [2.45, 2.75) is 52.5 Å². The third kappa shape index (κ3) is 5.12. The van der Waals surface area contributed by atoms with Crippen LogP contribution in [0.15, 0.2) is 48.5 Å². The minimum atomic E-state index is -0.137. The summed E-state index contributed by atoms with van der Waals surface area (Å²) in [5, 5.41) is 11.5. The maximum atomic E-state index is 13.2. The van der Waals surface area contributed by atoms with E-state index in [1.54, 1.807) is 9.58 Å². The summed E-state index contributed by atoms with van der Waals surface area (Å²) in [5.41, 5.74) is 5.63. The Bertz CT molecular complexity index is 1210. The first-order chi connectivity index (χ1) is 17.0. The number of aromatic nitrogens is 3. The highest BCUT2D eigenvalue weighted by atomic mass is 16.5. The van der Waals surface area contributed by atoms with Gasteiger partial charge in [0.05, 0.1) is 18.8 Å². The number of benzene rings is 2. The van der Waals surface area contributed by atoms with Gasteiger partial charge in [-0.1, -0.05) is 64.9 Å². The van der Waals surface area contributed by atoms with E-state index in [1.807, 2.05) is 25.1 Å². The molecule has 2 aliphatic heterocycles. The number of piperidine rings is 1. The maximum absolute atomic E-state index is 13.2. The number of nitrogens with zero attached hydrogens (tertiary/aromatic N) is 4. The Hall–Kier alpha value is -3.52. The van der Waals surface area contributed by atoms with Gasteiger partial charge in [0.25, 0.3) is 5.91 Å². The van der Waals surface area contributed by atoms with Gasteiger partial charge in [-0.15, -0.1) is 5.10 Å². The third-order valence-electron chi connectivity index (χ3n) is 6.95. The standard InChI is InChI=1S/C27H31N5O3/c1-18-6-8-21(9-7-18)24-16-32-23(17-35-24)25(29-30-32)27(34)31-12-10-22(11-13-31)26(33)28-15-20-5-3-4-19(2)14-20/h3-9,14,22,24H,10-13,15-17H2,1-2H3,(H,28,33). The number of nitrogens with one attached hydrogen (secondary N) is 1. The molecule has 0 spiro atoms. The number of fused-ring (bicyclic) bond motifs is 1. The molecule has 1 N–H and O–H groups in total. The Kier molecular flexibility index (Phi) is 6.63. The Balaban J connectivity index is 1.15. The highest BCUT2D eigenvalue weighted by Crippen LogP contribution is 2.28. The molecule has 35 heavy (non-hydrogen) atoms. The molecule has 182 valence electrons. The molecule has 8 heteroatoms. The molecular weight excluding hydrogens is 442 g/mol. The summed E-state index contributed by atoms with van der Waals surface area (Å²) in [6.07, 6.45) is 1.17. The molecule has 5 rings (SSSR count). The highest BCUT2D eigenvalue weighted by molar-refractivity contribution is 5.93. The lowest BCUT2D eigenvalue weighted by Crippen LogP contribution is -2.43. The van der Waals surface area contributed by atoms with Crippen molar-refractivity contribution < 1.29 is 14.3 Å². The third-order valence-corrected chi connectivity index (χ3v) is 6.95. The van der Waals surface area contributed by atoms with E-state index in [1.165, 1.54) is 11.1 Å². The van der Waals surface area contributed by atoms with E-state index < -0.39 is 0 Å². The second-order valence-corrected chi connectivity index (χ2v) is 9.55. The van der Waals surface area contributed by atoms with Gasteiger partial charge in [-0.3, -0.25) is 9.59 Å². The number of hydrogen-bond donors (Lipinski definition) is 1. The number of carbonyl (C=O) groups excluding carboxylic acids is 2. The molecule has 3 aromatic rings. The van der Waals surface area contributed by atoms with Gasteiger partial charge in [0.15, 0.2) is 5.69 Å². The Morgan fingerprint density at radius 3 is 2.57 bits per heavy atom. The van der Waals surface area contributed by atoms with Gasteiger partial charge in [0, 0.05) is 25.6 Å². The predicted molar refractivity (Wildman–Crippen MR) is 130 cm³/mol. The summed E-state index contributed by atoms with van der Waals surface area (Å²) in [7, 11) is 0. The summed E-state index contributed by atoms with van der Waals surface area (Å²) in [4.78, 5) is 27.6. The zero-order valence-electron chi connectivity index (χ0n) is 20.2. The highest BCUT2D eigenvalue weighted by Gasteiger charge is 2.33. The predicted octanol–water partition coefficient (Wildman–Crippen LogP) is 3.34. The van der Waals surface area contributed by atoms with E-state index >= 15 is 0 Å². The second kappa shape index (κ2) is 10.00. The number of hydrogen-bond acceptors (Lipinski definition) is 5. The van der Waals surface area contributed by atoms with E-state index in [2.05, 4.69) is 52.9 Å². The fraction of sp³-hybridized carbons (Fsp3) is 0.407. The van der Waals surface area contributed by atoms with Gasteiger partial charge >= 0.3 is 0 Å². The number of aryl methyl sites for hydroxylation is 2. The van der Waals surface area contributed by atoms with Crippen LogP contribution in [0.4, 0.5) is 0 Å². The molecule has 2 aromatic carbocycles. The molecule has 1 saturated heterocycles. The Morgan fingerprint density at radius 2 is 1.83 bits per heavy atom. The van der Waals surface area contributed by atoms with Crippen LogP contribution in [0.25, 0.3) is 0 Å². The van der Waals surface area contributed by atoms with Crippen molar-refractivity contribution in [1.29, 1.82) is 0 Å². The molecule has 0 saturated carbocycles. The first-order valence-electron chi connectivity index (χ1n) is 12.2. The van der Waals surface area contributed by atoms with Crippen molar-refractivity contribution >= 4 is 11.8 Å². The summed E-state index contributed by atoms with van der Waals surface area (Å²) < 4.78 is 7.85. The van der Waals surface area contributed by atoms with E-state index in [0.29, 0.717) is 51.3 Å². The number of rotatable bonds is 5. The van der Waals surface area contributed by atoms with Crippen molar-refractivity contribution in [1.82, 2.24) is 25.2 Å². The lowest BCUT2D eigenvalue weighted by Gasteiger charge is -2.31. The van der Waals surface area contributed by atoms with Gasteiger partial charge in [-0.25, -0.2) is 4.68 Å². The lowest BCUT2D eigenvalue weighted by molar-refractivity contribution is -0.126. The topological polar surface area (TPSA) is 89.4 Å². The van der Waals surface area contributed by atoms with Crippen LogP contribution < -0.4 is 5.32 Å². The molecule has 1 aromatic heterocycles. The molecule has 0 radical (unpaired) electrons. The van der Waals surface area contributed by atoms with Crippen molar-refractivity contribution in [3.05, 3.63) is 82.2 Å². The van der Waals surface area contributed by atoms with Crippen molar-refractivity contribution in [3.63, 3.8) is 0 Å². The SMILES string of the molecule is Cc1ccc(C2Cn3nnc(C(=O)N4CCC(C(=O)NCc5cccc(C)c5)CC4)c3CO2)cc1. The number of likely N-dealkylation sites (tertiary alicyclic amines) is 1. The molecule has 0 bridgehead atoms. The summed E-state index contributed by atoms with van der Waals surface area (Å²) in [6.45, 7) is 6.50. The smallest absolute Gasteiger partial charge is 0.276 e. The van der Waals surface area contributed by atoms with Crippen LogP contribution in [-0.4, -0.2) is 44.8 Å². The zero-order valence-corrected chi connectivity index (χ0v) is 20.2. The second-order valence-electron chi connectivity index (χ2n) is 9.55. The van der Waals surface area contributed by atoms with Crippen LogP contribution in [0.2, 0.25) is 0 Å². The van der Waals surface area contributed by atoms with E-state index in [9.17, 15) is 9.59 Å². The van der Waals surface area contributed by atoms with Crippen LogP contribution in [0.5, 0.6) is 0 Å². The minimum absolute atomic E-state index is 0.0511. The van der Waals surface area contributed by atoms with Crippen molar-refractivity contribution in [3.8, 4) is 0 Å². The summed E-state index contributed by atoms with van der Waals surface area (Å²) in [5.74, 6) is -0.172. The van der Waals surface area contributed by atoms with E-state index in [0.717, 1.165) is 16.8 Å². The first-order valence-corrected chi connectivity index (χ1v) is 12.2. The number of amides is 2. The van der Waals surface area contributed by atoms with Crippen molar-refractivity contribution in [2.24, 2.45) is 5.92 Å². The normalized spacial score (nSPS) is 18.2. The molecule has 1 atom stereocenters. The number of carbonyl (C=O) groups is 2. The Morgan fingerprint density at radius 1 is 1.06 bits per heavy atom. The van der Waals surface area contributed by atoms with Gasteiger partial charge < -0.3 is 15.0 Å². The van der Waals surface area contributed by atoms with Crippen LogP contribution in [0.1, 0.15) is 57.4 Å². The molecular formula is C27H31N5O3. The number of ether oxygens (including phenoxy) is 1. The average molecular weight is 474 g/mol. The van der Waals surface area contributed by atoms with Crippen LogP contribution in [0.3, 0.4) is 0 Å². The van der Waals surface area contributed by atoms with E-state index in [-0.39, 0.29) is 23.8 Å². The quantitative estimate of drug-likeness (QED) is 0.614. The van der Waals surface area contributed by atoms with Crippen LogP contribution in [-0.2, 0) is 29.2 Å². The van der Waals surface area contributed by atoms with Gasteiger partial charge in [0.1, 0.15) is 6.10 Å². The molecule has 0 aliphatic carbocycles. The average Bonchev–Trinajstić information content (AvgIpc) is 3.31. The molecule has 3 heterocycles. The molecule has 8 nitrogen and oxygen atoms in total. The summed E-state index contributed by atoms with van der Waals surface area (Å²) in [6, 6.07) is 16.4. The van der Waals surface area contributed by atoms with Gasteiger partial charge in [-0.05, 0) is 37.8 Å². The molecule has 1 unspecified atom stereocenters. The van der Waals surface area contributed by atoms with Gasteiger partial charge in [-0.2, -0.15) is 0 Å². The molecule has 2 aliphatic rings. The fourth-order valence-electron chi connectivity index (χ4n) is 4.81. The summed E-state index contributed by atoms with van der Waals surface area (Å²) >= 11 is 0. The maximum Gasteiger partial charge on any atom is 0.276 e. The first kappa shape index (κ1) is 23.2. The lowest BCUT2D eigenvalue weighted by atomic mass is 9.95. The largest absolute Gasteiger partial charge is 0.365 e. The van der Waals surface area contributed by atoms with Crippen LogP contribution in [0, 0.1) is 19.8 Å². The minimum Gasteiger partial charge on any atom is -0.365 e. The molecule has 2 amide bonds. The monoisotopic (exact) mass is 473 g/mol. The van der Waals surface area contributed by atoms with Gasteiger partial charge in [0.2, 0.25) is 5.91 Å². The van der Waals surface area contributed by atoms with Crippen LogP contribution >= 0.6 is 0 Å². The molecule has 1 fully saturated rings. The zero-order chi connectivity index (χ0) is 24.4.